The SMILES string of the molecule is CCCCCCCCCCCCCCCCCC(c1ccccc1)[N+](C)(C)c1ccccc1. The maximum absolute atomic E-state index is 2.37. The molecule has 1 atom stereocenters. The van der Waals surface area contributed by atoms with Crippen LogP contribution in [0.3, 0.4) is 0 Å². The van der Waals surface area contributed by atoms with E-state index in [0.717, 1.165) is 4.48 Å². The molecule has 33 heavy (non-hydrogen) atoms. The van der Waals surface area contributed by atoms with Crippen LogP contribution < -0.4 is 4.48 Å². The van der Waals surface area contributed by atoms with E-state index in [1.165, 1.54) is 114 Å². The van der Waals surface area contributed by atoms with Gasteiger partial charge in [-0.15, -0.1) is 0 Å². The third-order valence-electron chi connectivity index (χ3n) is 7.47. The number of benzene rings is 2. The maximum atomic E-state index is 2.37. The maximum Gasteiger partial charge on any atom is 0.132 e. The Kier molecular flexibility index (Phi) is 14.2. The lowest BCUT2D eigenvalue weighted by Crippen LogP contribution is -2.44. The number of para-hydroxylation sites is 1. The summed E-state index contributed by atoms with van der Waals surface area (Å²) < 4.78 is 0.920. The van der Waals surface area contributed by atoms with Gasteiger partial charge in [-0.2, -0.15) is 0 Å². The summed E-state index contributed by atoms with van der Waals surface area (Å²) in [5.74, 6) is 0. The van der Waals surface area contributed by atoms with E-state index in [4.69, 9.17) is 0 Å². The van der Waals surface area contributed by atoms with Crippen LogP contribution in [0.25, 0.3) is 0 Å². The molecule has 0 fully saturated rings. The fourth-order valence-electron chi connectivity index (χ4n) is 5.24. The zero-order chi connectivity index (χ0) is 23.6. The van der Waals surface area contributed by atoms with Crippen molar-refractivity contribution >= 4 is 5.69 Å². The van der Waals surface area contributed by atoms with Crippen LogP contribution in [-0.2, 0) is 0 Å². The van der Waals surface area contributed by atoms with Crippen LogP contribution in [0.4, 0.5) is 5.69 Å². The van der Waals surface area contributed by atoms with Crippen molar-refractivity contribution in [2.75, 3.05) is 14.1 Å². The van der Waals surface area contributed by atoms with Gasteiger partial charge in [0.25, 0.3) is 0 Å². The molecular weight excluding hydrogens is 398 g/mol. The van der Waals surface area contributed by atoms with E-state index in [-0.39, 0.29) is 0 Å². The van der Waals surface area contributed by atoms with Crippen molar-refractivity contribution in [3.05, 3.63) is 66.2 Å². The first-order valence-corrected chi connectivity index (χ1v) is 14.1. The number of quaternary nitrogens is 1. The molecule has 0 aliphatic heterocycles. The van der Waals surface area contributed by atoms with E-state index < -0.39 is 0 Å². The predicted molar refractivity (Wildman–Crippen MR) is 149 cm³/mol. The molecule has 184 valence electrons. The van der Waals surface area contributed by atoms with Crippen molar-refractivity contribution in [1.29, 1.82) is 0 Å². The van der Waals surface area contributed by atoms with E-state index in [9.17, 15) is 0 Å². The zero-order valence-corrected chi connectivity index (χ0v) is 22.1. The van der Waals surface area contributed by atoms with Gasteiger partial charge in [-0.3, -0.25) is 4.48 Å². The topological polar surface area (TPSA) is 0 Å². The molecule has 0 aromatic heterocycles. The molecule has 1 unspecified atom stereocenters. The van der Waals surface area contributed by atoms with Crippen LogP contribution in [0.5, 0.6) is 0 Å². The predicted octanol–water partition coefficient (Wildman–Crippen LogP) is 10.3. The van der Waals surface area contributed by atoms with Crippen molar-refractivity contribution in [3.63, 3.8) is 0 Å². The van der Waals surface area contributed by atoms with Gasteiger partial charge >= 0.3 is 0 Å². The molecule has 2 aromatic carbocycles. The van der Waals surface area contributed by atoms with Crippen LogP contribution in [0.1, 0.15) is 121 Å². The lowest BCUT2D eigenvalue weighted by molar-refractivity contribution is 0.274. The summed E-state index contributed by atoms with van der Waals surface area (Å²) in [5.41, 5.74) is 2.86. The Hall–Kier alpha value is -1.60. The lowest BCUT2D eigenvalue weighted by Gasteiger charge is -2.38. The molecule has 0 aliphatic carbocycles. The molecule has 0 bridgehead atoms. The van der Waals surface area contributed by atoms with Crippen LogP contribution in [0.15, 0.2) is 60.7 Å². The minimum Gasteiger partial charge on any atom is -0.290 e. The number of nitrogens with zero attached hydrogens (tertiary/aromatic N) is 1. The van der Waals surface area contributed by atoms with E-state index in [2.05, 4.69) is 81.7 Å². The first-order valence-electron chi connectivity index (χ1n) is 14.1. The Morgan fingerprint density at radius 1 is 0.515 bits per heavy atom. The molecule has 1 nitrogen and oxygen atoms in total. The van der Waals surface area contributed by atoms with Gasteiger partial charge in [-0.25, -0.2) is 0 Å². The molecule has 2 aromatic rings. The lowest BCUT2D eigenvalue weighted by atomic mass is 9.96. The Morgan fingerprint density at radius 3 is 1.36 bits per heavy atom. The normalized spacial score (nSPS) is 12.7. The summed E-state index contributed by atoms with van der Waals surface area (Å²) in [5, 5.41) is 0. The third-order valence-corrected chi connectivity index (χ3v) is 7.47. The summed E-state index contributed by atoms with van der Waals surface area (Å²) in [7, 11) is 4.75. The van der Waals surface area contributed by atoms with E-state index >= 15 is 0 Å². The molecule has 0 radical (unpaired) electrons. The second kappa shape index (κ2) is 16.9. The van der Waals surface area contributed by atoms with Gasteiger partial charge in [0.15, 0.2) is 0 Å². The molecule has 0 saturated heterocycles. The molecule has 0 saturated carbocycles. The minimum absolute atomic E-state index is 0.510. The van der Waals surface area contributed by atoms with Gasteiger partial charge in [0.2, 0.25) is 0 Å². The quantitative estimate of drug-likeness (QED) is 0.147. The number of hydrogen-bond donors (Lipinski definition) is 0. The second-order valence-corrected chi connectivity index (χ2v) is 10.5. The minimum atomic E-state index is 0.510. The Labute approximate surface area is 206 Å². The molecule has 0 amide bonds. The third kappa shape index (κ3) is 10.9. The first-order chi connectivity index (χ1) is 16.2. The summed E-state index contributed by atoms with van der Waals surface area (Å²) in [6.07, 6.45) is 22.6. The van der Waals surface area contributed by atoms with Crippen molar-refractivity contribution in [2.24, 2.45) is 0 Å². The van der Waals surface area contributed by atoms with Gasteiger partial charge in [0.1, 0.15) is 11.7 Å². The Bertz CT molecular complexity index is 691. The van der Waals surface area contributed by atoms with Crippen molar-refractivity contribution in [2.45, 2.75) is 116 Å². The van der Waals surface area contributed by atoms with Crippen molar-refractivity contribution in [1.82, 2.24) is 4.48 Å². The second-order valence-electron chi connectivity index (χ2n) is 10.5. The highest BCUT2D eigenvalue weighted by Gasteiger charge is 2.31. The summed E-state index contributed by atoms with van der Waals surface area (Å²) in [6, 6.07) is 22.7. The number of rotatable bonds is 19. The van der Waals surface area contributed by atoms with Gasteiger partial charge in [0.05, 0.1) is 14.1 Å². The highest BCUT2D eigenvalue weighted by molar-refractivity contribution is 5.43. The molecule has 0 N–H and O–H groups in total. The van der Waals surface area contributed by atoms with Gasteiger partial charge < -0.3 is 0 Å². The standard InChI is InChI=1S/C32H52N/c1-4-5-6-7-8-9-10-11-12-13-14-15-16-17-24-29-32(30-25-20-18-21-26-30)33(2,3)31-27-22-19-23-28-31/h18-23,25-28,32H,4-17,24,29H2,1-3H3/q+1. The molecular formula is C32H52N+. The van der Waals surface area contributed by atoms with Crippen LogP contribution in [0.2, 0.25) is 0 Å². The Morgan fingerprint density at radius 2 is 0.909 bits per heavy atom. The zero-order valence-electron chi connectivity index (χ0n) is 22.1. The fraction of sp³-hybridized carbons (Fsp3) is 0.625. The van der Waals surface area contributed by atoms with Crippen molar-refractivity contribution in [3.8, 4) is 0 Å². The van der Waals surface area contributed by atoms with Gasteiger partial charge in [0, 0.05) is 12.0 Å². The summed E-state index contributed by atoms with van der Waals surface area (Å²) >= 11 is 0. The fourth-order valence-corrected chi connectivity index (χ4v) is 5.24. The average Bonchev–Trinajstić information content (AvgIpc) is 2.85. The van der Waals surface area contributed by atoms with E-state index in [0.29, 0.717) is 6.04 Å². The van der Waals surface area contributed by atoms with E-state index in [1.807, 2.05) is 0 Å². The molecule has 1 heteroatoms. The number of hydrogen-bond acceptors (Lipinski definition) is 0. The largest absolute Gasteiger partial charge is 0.290 e. The highest BCUT2D eigenvalue weighted by Crippen LogP contribution is 2.35. The average molecular weight is 451 g/mol. The van der Waals surface area contributed by atoms with Crippen LogP contribution >= 0.6 is 0 Å². The monoisotopic (exact) mass is 450 g/mol. The Balaban J connectivity index is 1.61. The number of unbranched alkanes of at least 4 members (excludes halogenated alkanes) is 14. The molecule has 0 spiro atoms. The molecule has 2 rings (SSSR count). The smallest absolute Gasteiger partial charge is 0.132 e. The van der Waals surface area contributed by atoms with Crippen LogP contribution in [-0.4, -0.2) is 14.1 Å². The summed E-state index contributed by atoms with van der Waals surface area (Å²) in [6.45, 7) is 2.30. The van der Waals surface area contributed by atoms with Gasteiger partial charge in [-0.05, 0) is 18.6 Å². The summed E-state index contributed by atoms with van der Waals surface area (Å²) in [4.78, 5) is 0. The first kappa shape index (κ1) is 27.6. The highest BCUT2D eigenvalue weighted by atomic mass is 15.3. The molecule has 0 aliphatic rings. The molecule has 0 heterocycles. The van der Waals surface area contributed by atoms with Crippen molar-refractivity contribution < 1.29 is 0 Å². The van der Waals surface area contributed by atoms with Crippen LogP contribution in [0, 0.1) is 0 Å². The van der Waals surface area contributed by atoms with E-state index in [1.54, 1.807) is 0 Å². The van der Waals surface area contributed by atoms with Gasteiger partial charge in [-0.1, -0.05) is 145 Å².